The van der Waals surface area contributed by atoms with Crippen molar-refractivity contribution in [1.82, 2.24) is 10.3 Å². The molecule has 0 radical (unpaired) electrons. The maximum Gasteiger partial charge on any atom is 0.0363 e. The minimum absolute atomic E-state index is 0.485. The van der Waals surface area contributed by atoms with Crippen LogP contribution >= 0.6 is 0 Å². The summed E-state index contributed by atoms with van der Waals surface area (Å²) in [6.07, 6.45) is 7.94. The van der Waals surface area contributed by atoms with Crippen LogP contribution in [-0.2, 0) is 0 Å². The summed E-state index contributed by atoms with van der Waals surface area (Å²) in [5.74, 6) is 2.50. The predicted molar refractivity (Wildman–Crippen MR) is 76.3 cm³/mol. The van der Waals surface area contributed by atoms with Crippen molar-refractivity contribution in [2.45, 2.75) is 46.1 Å². The number of hydrogen-bond donors (Lipinski definition) is 1. The van der Waals surface area contributed by atoms with Crippen LogP contribution in [0.15, 0.2) is 24.5 Å². The van der Waals surface area contributed by atoms with Crippen molar-refractivity contribution in [2.75, 3.05) is 6.54 Å². The molecule has 0 saturated heterocycles. The van der Waals surface area contributed by atoms with E-state index < -0.39 is 0 Å². The molecule has 0 bridgehead atoms. The molecule has 1 saturated carbocycles. The third kappa shape index (κ3) is 3.11. The largest absolute Gasteiger partial charge is 0.310 e. The molecule has 0 amide bonds. The highest BCUT2D eigenvalue weighted by molar-refractivity contribution is 5.15. The quantitative estimate of drug-likeness (QED) is 0.874. The van der Waals surface area contributed by atoms with E-state index in [0.29, 0.717) is 6.04 Å². The molecule has 1 N–H and O–H groups in total. The molecule has 18 heavy (non-hydrogen) atoms. The Hall–Kier alpha value is -0.890. The molecule has 1 aliphatic rings. The summed E-state index contributed by atoms with van der Waals surface area (Å²) in [6, 6.07) is 4.75. The molecule has 1 heterocycles. The molecule has 2 rings (SSSR count). The summed E-state index contributed by atoms with van der Waals surface area (Å²) < 4.78 is 0. The van der Waals surface area contributed by atoms with Gasteiger partial charge in [-0.3, -0.25) is 4.98 Å². The topological polar surface area (TPSA) is 24.9 Å². The van der Waals surface area contributed by atoms with Crippen LogP contribution in [0.25, 0.3) is 0 Å². The lowest BCUT2D eigenvalue weighted by Gasteiger charge is -2.37. The Morgan fingerprint density at radius 1 is 1.33 bits per heavy atom. The SMILES string of the molecule is CCNC(c1cccnc1)C1CCC(C)C(C)C1. The van der Waals surface area contributed by atoms with E-state index in [9.17, 15) is 0 Å². The van der Waals surface area contributed by atoms with E-state index in [4.69, 9.17) is 0 Å². The minimum atomic E-state index is 0.485. The van der Waals surface area contributed by atoms with Gasteiger partial charge in [-0.05, 0) is 48.8 Å². The van der Waals surface area contributed by atoms with Crippen LogP contribution < -0.4 is 5.32 Å². The monoisotopic (exact) mass is 246 g/mol. The highest BCUT2D eigenvalue weighted by Crippen LogP contribution is 2.39. The minimum Gasteiger partial charge on any atom is -0.310 e. The molecule has 1 aliphatic carbocycles. The van der Waals surface area contributed by atoms with E-state index >= 15 is 0 Å². The van der Waals surface area contributed by atoms with E-state index in [-0.39, 0.29) is 0 Å². The van der Waals surface area contributed by atoms with E-state index in [1.54, 1.807) is 0 Å². The molecule has 2 nitrogen and oxygen atoms in total. The summed E-state index contributed by atoms with van der Waals surface area (Å²) in [5.41, 5.74) is 1.35. The summed E-state index contributed by atoms with van der Waals surface area (Å²) in [4.78, 5) is 4.28. The number of aromatic nitrogens is 1. The van der Waals surface area contributed by atoms with Gasteiger partial charge in [0, 0.05) is 18.4 Å². The van der Waals surface area contributed by atoms with Gasteiger partial charge in [-0.25, -0.2) is 0 Å². The van der Waals surface area contributed by atoms with Gasteiger partial charge >= 0.3 is 0 Å². The Morgan fingerprint density at radius 3 is 2.78 bits per heavy atom. The maximum absolute atomic E-state index is 4.28. The molecule has 4 unspecified atom stereocenters. The van der Waals surface area contributed by atoms with Crippen molar-refractivity contribution < 1.29 is 0 Å². The van der Waals surface area contributed by atoms with Crippen molar-refractivity contribution in [3.05, 3.63) is 30.1 Å². The highest BCUT2D eigenvalue weighted by Gasteiger charge is 2.30. The van der Waals surface area contributed by atoms with Gasteiger partial charge in [0.2, 0.25) is 0 Å². The molecular weight excluding hydrogens is 220 g/mol. The van der Waals surface area contributed by atoms with Crippen molar-refractivity contribution >= 4 is 0 Å². The van der Waals surface area contributed by atoms with E-state index in [1.165, 1.54) is 24.8 Å². The van der Waals surface area contributed by atoms with E-state index in [1.807, 2.05) is 12.4 Å². The number of rotatable bonds is 4. The molecule has 2 heteroatoms. The van der Waals surface area contributed by atoms with Crippen LogP contribution in [0.4, 0.5) is 0 Å². The van der Waals surface area contributed by atoms with Crippen LogP contribution in [0.3, 0.4) is 0 Å². The molecule has 100 valence electrons. The normalized spacial score (nSPS) is 30.1. The zero-order chi connectivity index (χ0) is 13.0. The summed E-state index contributed by atoms with van der Waals surface area (Å²) in [5, 5.41) is 3.66. The second-order valence-corrected chi connectivity index (χ2v) is 5.85. The zero-order valence-corrected chi connectivity index (χ0v) is 11.9. The Labute approximate surface area is 111 Å². The molecule has 1 fully saturated rings. The average molecular weight is 246 g/mol. The lowest BCUT2D eigenvalue weighted by molar-refractivity contribution is 0.172. The van der Waals surface area contributed by atoms with E-state index in [2.05, 4.69) is 43.2 Å². The van der Waals surface area contributed by atoms with Crippen LogP contribution in [0.1, 0.15) is 51.6 Å². The first kappa shape index (κ1) is 13.5. The highest BCUT2D eigenvalue weighted by atomic mass is 14.9. The van der Waals surface area contributed by atoms with Gasteiger partial charge in [0.1, 0.15) is 0 Å². The molecule has 0 spiro atoms. The lowest BCUT2D eigenvalue weighted by atomic mass is 9.72. The standard InChI is InChI=1S/C16H26N2/c1-4-18-16(15-6-5-9-17-11-15)14-8-7-12(2)13(3)10-14/h5-6,9,11-14,16,18H,4,7-8,10H2,1-3H3. The van der Waals surface area contributed by atoms with Crippen LogP contribution in [0, 0.1) is 17.8 Å². The molecule has 0 aromatic carbocycles. The molecular formula is C16H26N2. The van der Waals surface area contributed by atoms with Crippen molar-refractivity contribution in [2.24, 2.45) is 17.8 Å². The average Bonchev–Trinajstić information content (AvgIpc) is 2.40. The van der Waals surface area contributed by atoms with Gasteiger partial charge in [0.05, 0.1) is 0 Å². The van der Waals surface area contributed by atoms with E-state index in [0.717, 1.165) is 24.3 Å². The fourth-order valence-electron chi connectivity index (χ4n) is 3.23. The number of nitrogens with zero attached hydrogens (tertiary/aromatic N) is 1. The zero-order valence-electron chi connectivity index (χ0n) is 11.9. The van der Waals surface area contributed by atoms with Crippen LogP contribution in [0.5, 0.6) is 0 Å². The van der Waals surface area contributed by atoms with Crippen LogP contribution in [-0.4, -0.2) is 11.5 Å². The van der Waals surface area contributed by atoms with Gasteiger partial charge in [-0.15, -0.1) is 0 Å². The molecule has 1 aromatic rings. The molecule has 4 atom stereocenters. The van der Waals surface area contributed by atoms with Crippen molar-refractivity contribution in [3.63, 3.8) is 0 Å². The van der Waals surface area contributed by atoms with Crippen molar-refractivity contribution in [1.29, 1.82) is 0 Å². The Bertz CT molecular complexity index is 349. The first-order chi connectivity index (χ1) is 8.72. The summed E-state index contributed by atoms with van der Waals surface area (Å²) >= 11 is 0. The second kappa shape index (κ2) is 6.33. The molecule has 1 aromatic heterocycles. The maximum atomic E-state index is 4.28. The van der Waals surface area contributed by atoms with Gasteiger partial charge in [-0.2, -0.15) is 0 Å². The summed E-state index contributed by atoms with van der Waals surface area (Å²) in [6.45, 7) is 8.02. The third-order valence-electron chi connectivity index (χ3n) is 4.58. The number of hydrogen-bond acceptors (Lipinski definition) is 2. The van der Waals surface area contributed by atoms with Crippen molar-refractivity contribution in [3.8, 4) is 0 Å². The Morgan fingerprint density at radius 2 is 2.17 bits per heavy atom. The number of pyridine rings is 1. The Kier molecular flexibility index (Phi) is 4.76. The fraction of sp³-hybridized carbons (Fsp3) is 0.688. The predicted octanol–water partition coefficient (Wildman–Crippen LogP) is 3.80. The first-order valence-corrected chi connectivity index (χ1v) is 7.35. The smallest absolute Gasteiger partial charge is 0.0363 e. The second-order valence-electron chi connectivity index (χ2n) is 5.85. The van der Waals surface area contributed by atoms with Gasteiger partial charge in [0.25, 0.3) is 0 Å². The number of nitrogens with one attached hydrogen (secondary N) is 1. The Balaban J connectivity index is 2.11. The lowest BCUT2D eigenvalue weighted by Crippen LogP contribution is -2.33. The van der Waals surface area contributed by atoms with Gasteiger partial charge < -0.3 is 5.32 Å². The fourth-order valence-corrected chi connectivity index (χ4v) is 3.23. The summed E-state index contributed by atoms with van der Waals surface area (Å²) in [7, 11) is 0. The molecule has 0 aliphatic heterocycles. The van der Waals surface area contributed by atoms with Crippen LogP contribution in [0.2, 0.25) is 0 Å². The third-order valence-corrected chi connectivity index (χ3v) is 4.58. The van der Waals surface area contributed by atoms with Gasteiger partial charge in [-0.1, -0.05) is 33.3 Å². The first-order valence-electron chi connectivity index (χ1n) is 7.35. The van der Waals surface area contributed by atoms with Gasteiger partial charge in [0.15, 0.2) is 0 Å².